The summed E-state index contributed by atoms with van der Waals surface area (Å²) in [4.78, 5) is 0. The highest BCUT2D eigenvalue weighted by molar-refractivity contribution is 5.85. The summed E-state index contributed by atoms with van der Waals surface area (Å²) in [6, 6.07) is 47.7. The Morgan fingerprint density at radius 3 is 1.02 bits per heavy atom. The Morgan fingerprint density at radius 1 is 0.381 bits per heavy atom. The minimum absolute atomic E-state index is 0.506. The Balaban J connectivity index is 1.38. The number of benzene rings is 6. The van der Waals surface area contributed by atoms with Crippen LogP contribution in [0.3, 0.4) is 0 Å². The first-order chi connectivity index (χ1) is 20.8. The molecule has 0 heteroatoms. The molecule has 0 atom stereocenters. The molecule has 6 aromatic carbocycles. The summed E-state index contributed by atoms with van der Waals surface area (Å²) < 4.78 is 0. The van der Waals surface area contributed by atoms with E-state index >= 15 is 0 Å². The molecule has 0 radical (unpaired) electrons. The van der Waals surface area contributed by atoms with Gasteiger partial charge in [0.25, 0.3) is 0 Å². The summed E-state index contributed by atoms with van der Waals surface area (Å²) >= 11 is 0. The molecule has 0 amide bonds. The standard InChI is InChI=1S/C42H30/c1-2-42(39-21-9-18-33-30-15-6-3-12-27(30)24-36(33)39,40-22-10-19-34-31-16-7-4-13-28(31)25-37(34)40)41-23-11-20-35-32-17-8-5-14-29(32)26-38(35)41/h2-23H,1,24-26H2. The summed E-state index contributed by atoms with van der Waals surface area (Å²) in [5.74, 6) is 0. The first kappa shape index (κ1) is 23.7. The van der Waals surface area contributed by atoms with Crippen LogP contribution >= 0.6 is 0 Å². The van der Waals surface area contributed by atoms with Gasteiger partial charge in [-0.25, -0.2) is 0 Å². The van der Waals surface area contributed by atoms with E-state index in [9.17, 15) is 0 Å². The lowest BCUT2D eigenvalue weighted by Gasteiger charge is -2.37. The fourth-order valence-corrected chi connectivity index (χ4v) is 8.35. The summed E-state index contributed by atoms with van der Waals surface area (Å²) in [6.45, 7) is 4.69. The van der Waals surface area contributed by atoms with Gasteiger partial charge in [0.05, 0.1) is 5.41 Å². The Morgan fingerprint density at radius 2 is 0.690 bits per heavy atom. The monoisotopic (exact) mass is 534 g/mol. The quantitative estimate of drug-likeness (QED) is 0.156. The molecule has 0 unspecified atom stereocenters. The van der Waals surface area contributed by atoms with Gasteiger partial charge in [-0.2, -0.15) is 0 Å². The van der Waals surface area contributed by atoms with E-state index in [1.807, 2.05) is 0 Å². The lowest BCUT2D eigenvalue weighted by Crippen LogP contribution is -2.31. The van der Waals surface area contributed by atoms with Crippen molar-refractivity contribution >= 4 is 0 Å². The van der Waals surface area contributed by atoms with E-state index in [2.05, 4.69) is 140 Å². The minimum atomic E-state index is -0.506. The first-order valence-electron chi connectivity index (χ1n) is 15.0. The lowest BCUT2D eigenvalue weighted by molar-refractivity contribution is 0.752. The largest absolute Gasteiger partial charge is 0.102 e. The third-order valence-electron chi connectivity index (χ3n) is 10.1. The van der Waals surface area contributed by atoms with Crippen molar-refractivity contribution in [3.8, 4) is 33.4 Å². The van der Waals surface area contributed by atoms with Crippen LogP contribution in [0.1, 0.15) is 50.1 Å². The normalized spacial score (nSPS) is 13.5. The predicted molar refractivity (Wildman–Crippen MR) is 174 cm³/mol. The minimum Gasteiger partial charge on any atom is -0.102 e. The first-order valence-corrected chi connectivity index (χ1v) is 15.0. The summed E-state index contributed by atoms with van der Waals surface area (Å²) in [7, 11) is 0. The van der Waals surface area contributed by atoms with Crippen molar-refractivity contribution in [3.63, 3.8) is 0 Å². The van der Waals surface area contributed by atoms with E-state index in [0.29, 0.717) is 0 Å². The Bertz CT molecular complexity index is 1860. The number of hydrogen-bond donors (Lipinski definition) is 0. The molecular formula is C42H30. The Kier molecular flexibility index (Phi) is 4.96. The fraction of sp³-hybridized carbons (Fsp3) is 0.0952. The molecule has 0 fully saturated rings. The van der Waals surface area contributed by atoms with Gasteiger partial charge >= 0.3 is 0 Å². The van der Waals surface area contributed by atoms with Crippen molar-refractivity contribution in [1.82, 2.24) is 0 Å². The zero-order chi connectivity index (χ0) is 27.8. The van der Waals surface area contributed by atoms with Crippen LogP contribution in [0, 0.1) is 0 Å². The summed E-state index contributed by atoms with van der Waals surface area (Å²) in [5.41, 5.74) is 20.3. The molecule has 9 rings (SSSR count). The molecule has 3 aliphatic rings. The molecule has 198 valence electrons. The van der Waals surface area contributed by atoms with Crippen LogP contribution in [0.5, 0.6) is 0 Å². The molecule has 0 aliphatic heterocycles. The van der Waals surface area contributed by atoms with Gasteiger partial charge in [-0.3, -0.25) is 0 Å². The SMILES string of the molecule is C=CC(c1cccc2c1Cc1ccccc1-2)(c1cccc2c1Cc1ccccc1-2)c1cccc2c1Cc1ccccc1-2. The highest BCUT2D eigenvalue weighted by Crippen LogP contribution is 2.53. The number of fused-ring (bicyclic) bond motifs is 9. The van der Waals surface area contributed by atoms with E-state index < -0.39 is 5.41 Å². The zero-order valence-electron chi connectivity index (χ0n) is 23.5. The smallest absolute Gasteiger partial charge is 0.0638 e. The van der Waals surface area contributed by atoms with Crippen LogP contribution in [0.2, 0.25) is 0 Å². The van der Waals surface area contributed by atoms with E-state index in [-0.39, 0.29) is 0 Å². The van der Waals surface area contributed by atoms with Gasteiger partial charge in [0.15, 0.2) is 0 Å². The number of allylic oxidation sites excluding steroid dienone is 1. The second-order valence-electron chi connectivity index (χ2n) is 12.0. The lowest BCUT2D eigenvalue weighted by atomic mass is 9.64. The maximum absolute atomic E-state index is 4.69. The molecule has 0 aromatic heterocycles. The fourth-order valence-electron chi connectivity index (χ4n) is 8.35. The predicted octanol–water partition coefficient (Wildman–Crippen LogP) is 9.92. The van der Waals surface area contributed by atoms with Gasteiger partial charge in [-0.15, -0.1) is 6.58 Å². The topological polar surface area (TPSA) is 0 Å². The molecule has 0 bridgehead atoms. The van der Waals surface area contributed by atoms with Crippen LogP contribution < -0.4 is 0 Å². The third kappa shape index (κ3) is 3.07. The van der Waals surface area contributed by atoms with Crippen LogP contribution in [-0.4, -0.2) is 0 Å². The Hall–Kier alpha value is -4.94. The van der Waals surface area contributed by atoms with Gasteiger partial charge in [0, 0.05) is 0 Å². The maximum Gasteiger partial charge on any atom is 0.0638 e. The van der Waals surface area contributed by atoms with Crippen molar-refractivity contribution in [1.29, 1.82) is 0 Å². The van der Waals surface area contributed by atoms with Crippen LogP contribution in [0.15, 0.2) is 140 Å². The Labute approximate surface area is 247 Å². The molecule has 0 saturated heterocycles. The molecule has 0 heterocycles. The van der Waals surface area contributed by atoms with E-state index in [1.54, 1.807) is 0 Å². The van der Waals surface area contributed by atoms with Crippen LogP contribution in [-0.2, 0) is 24.7 Å². The molecule has 42 heavy (non-hydrogen) atoms. The van der Waals surface area contributed by atoms with Gasteiger partial charge in [0.1, 0.15) is 0 Å². The van der Waals surface area contributed by atoms with E-state index in [4.69, 9.17) is 0 Å². The maximum atomic E-state index is 4.69. The second kappa shape index (κ2) is 8.78. The van der Waals surface area contributed by atoms with Gasteiger partial charge < -0.3 is 0 Å². The second-order valence-corrected chi connectivity index (χ2v) is 12.0. The third-order valence-corrected chi connectivity index (χ3v) is 10.1. The van der Waals surface area contributed by atoms with Gasteiger partial charge in [-0.05, 0) is 103 Å². The highest BCUT2D eigenvalue weighted by atomic mass is 14.4. The molecule has 0 spiro atoms. The van der Waals surface area contributed by atoms with E-state index in [0.717, 1.165) is 19.3 Å². The molecule has 6 aromatic rings. The molecule has 3 aliphatic carbocycles. The number of rotatable bonds is 4. The summed E-state index contributed by atoms with van der Waals surface area (Å²) in [6.07, 6.45) is 5.11. The van der Waals surface area contributed by atoms with E-state index in [1.165, 1.54) is 83.5 Å². The van der Waals surface area contributed by atoms with Crippen molar-refractivity contribution in [2.75, 3.05) is 0 Å². The average Bonchev–Trinajstić information content (AvgIpc) is 3.74. The molecular weight excluding hydrogens is 504 g/mol. The zero-order valence-corrected chi connectivity index (χ0v) is 23.5. The average molecular weight is 535 g/mol. The van der Waals surface area contributed by atoms with Crippen molar-refractivity contribution in [2.45, 2.75) is 24.7 Å². The van der Waals surface area contributed by atoms with Crippen molar-refractivity contribution < 1.29 is 0 Å². The van der Waals surface area contributed by atoms with Crippen molar-refractivity contribution in [2.24, 2.45) is 0 Å². The van der Waals surface area contributed by atoms with Gasteiger partial charge in [0.2, 0.25) is 0 Å². The van der Waals surface area contributed by atoms with Gasteiger partial charge in [-0.1, -0.05) is 133 Å². The summed E-state index contributed by atoms with van der Waals surface area (Å²) in [5, 5.41) is 0. The molecule has 0 nitrogen and oxygen atoms in total. The number of hydrogen-bond acceptors (Lipinski definition) is 0. The van der Waals surface area contributed by atoms with Crippen LogP contribution in [0.4, 0.5) is 0 Å². The molecule has 0 saturated carbocycles. The highest BCUT2D eigenvalue weighted by Gasteiger charge is 2.42. The van der Waals surface area contributed by atoms with Crippen LogP contribution in [0.25, 0.3) is 33.4 Å². The molecule has 0 N–H and O–H groups in total. The van der Waals surface area contributed by atoms with Crippen molar-refractivity contribution in [3.05, 3.63) is 190 Å².